The molecular weight excluding hydrogens is 338 g/mol. The summed E-state index contributed by atoms with van der Waals surface area (Å²) in [4.78, 5) is 11.5. The van der Waals surface area contributed by atoms with Crippen molar-refractivity contribution in [2.24, 2.45) is 4.99 Å². The lowest BCUT2D eigenvalue weighted by Crippen LogP contribution is -2.46. The smallest absolute Gasteiger partial charge is 0.191 e. The van der Waals surface area contributed by atoms with Gasteiger partial charge < -0.3 is 15.4 Å². The number of guanidine groups is 1. The van der Waals surface area contributed by atoms with Crippen LogP contribution in [-0.2, 0) is 11.3 Å². The van der Waals surface area contributed by atoms with Crippen LogP contribution in [0.5, 0.6) is 0 Å². The van der Waals surface area contributed by atoms with Crippen LogP contribution >= 0.6 is 0 Å². The number of nitrogens with one attached hydrogen (secondary N) is 2. The van der Waals surface area contributed by atoms with E-state index in [0.29, 0.717) is 6.54 Å². The second kappa shape index (κ2) is 10.6. The first kappa shape index (κ1) is 19.3. The van der Waals surface area contributed by atoms with Gasteiger partial charge in [0.2, 0.25) is 0 Å². The van der Waals surface area contributed by atoms with Crippen molar-refractivity contribution in [1.29, 1.82) is 0 Å². The third-order valence-corrected chi connectivity index (χ3v) is 4.60. The van der Waals surface area contributed by atoms with Gasteiger partial charge in [0.05, 0.1) is 31.5 Å². The Kier molecular flexibility index (Phi) is 7.62. The predicted octanol–water partition coefficient (Wildman–Crippen LogP) is 2.21. The lowest BCUT2D eigenvalue weighted by molar-refractivity contribution is 0.0170. The quantitative estimate of drug-likeness (QED) is 0.580. The monoisotopic (exact) mass is 367 g/mol. The van der Waals surface area contributed by atoms with E-state index in [0.717, 1.165) is 51.0 Å². The SMILES string of the molecule is CCNC(=NCc1ccccn1)NCC(c1ccccc1)N1CCOCC1. The molecule has 1 atom stereocenters. The molecule has 0 aliphatic carbocycles. The van der Waals surface area contributed by atoms with Crippen molar-refractivity contribution < 1.29 is 4.74 Å². The van der Waals surface area contributed by atoms with Gasteiger partial charge in [-0.3, -0.25) is 9.88 Å². The molecule has 3 rings (SSSR count). The van der Waals surface area contributed by atoms with Gasteiger partial charge in [-0.05, 0) is 24.6 Å². The van der Waals surface area contributed by atoms with Gasteiger partial charge in [-0.15, -0.1) is 0 Å². The molecular formula is C21H29N5O. The Morgan fingerprint density at radius 1 is 1.11 bits per heavy atom. The number of aliphatic imine (C=N–C) groups is 1. The van der Waals surface area contributed by atoms with Crippen LogP contribution in [0.3, 0.4) is 0 Å². The third-order valence-electron chi connectivity index (χ3n) is 4.60. The Bertz CT molecular complexity index is 686. The van der Waals surface area contributed by atoms with E-state index in [9.17, 15) is 0 Å². The number of aromatic nitrogens is 1. The van der Waals surface area contributed by atoms with Crippen LogP contribution in [-0.4, -0.2) is 55.2 Å². The zero-order chi connectivity index (χ0) is 18.7. The standard InChI is InChI=1S/C21H29N5O/c1-2-22-21(24-16-19-10-6-7-11-23-19)25-17-20(18-8-4-3-5-9-18)26-12-14-27-15-13-26/h3-11,20H,2,12-17H2,1H3,(H2,22,24,25). The molecule has 2 N–H and O–H groups in total. The minimum Gasteiger partial charge on any atom is -0.379 e. The van der Waals surface area contributed by atoms with E-state index in [1.165, 1.54) is 5.56 Å². The van der Waals surface area contributed by atoms with Crippen molar-refractivity contribution in [3.8, 4) is 0 Å². The summed E-state index contributed by atoms with van der Waals surface area (Å²) in [6, 6.07) is 16.8. The molecule has 1 aliphatic heterocycles. The lowest BCUT2D eigenvalue weighted by atomic mass is 10.0. The summed E-state index contributed by atoms with van der Waals surface area (Å²) in [6.07, 6.45) is 1.80. The van der Waals surface area contributed by atoms with Crippen LogP contribution in [0.1, 0.15) is 24.2 Å². The summed E-state index contributed by atoms with van der Waals surface area (Å²) in [5.41, 5.74) is 2.27. The Labute approximate surface area is 161 Å². The third kappa shape index (κ3) is 6.05. The van der Waals surface area contributed by atoms with E-state index in [1.807, 2.05) is 18.2 Å². The molecule has 0 amide bonds. The van der Waals surface area contributed by atoms with E-state index in [1.54, 1.807) is 6.20 Å². The van der Waals surface area contributed by atoms with Gasteiger partial charge in [0.1, 0.15) is 0 Å². The molecule has 6 nitrogen and oxygen atoms in total. The summed E-state index contributed by atoms with van der Waals surface area (Å²) >= 11 is 0. The van der Waals surface area contributed by atoms with Crippen LogP contribution in [0.4, 0.5) is 0 Å². The van der Waals surface area contributed by atoms with E-state index in [4.69, 9.17) is 4.74 Å². The Morgan fingerprint density at radius 3 is 2.59 bits per heavy atom. The highest BCUT2D eigenvalue weighted by atomic mass is 16.5. The number of ether oxygens (including phenoxy) is 1. The Balaban J connectivity index is 1.67. The summed E-state index contributed by atoms with van der Waals surface area (Å²) in [7, 11) is 0. The van der Waals surface area contributed by atoms with Crippen LogP contribution in [0, 0.1) is 0 Å². The molecule has 1 fully saturated rings. The first-order valence-corrected chi connectivity index (χ1v) is 9.65. The molecule has 1 saturated heterocycles. The second-order valence-corrected chi connectivity index (χ2v) is 6.47. The molecule has 0 radical (unpaired) electrons. The van der Waals surface area contributed by atoms with Gasteiger partial charge in [-0.2, -0.15) is 0 Å². The molecule has 2 aromatic rings. The molecule has 0 bridgehead atoms. The number of rotatable bonds is 7. The maximum absolute atomic E-state index is 5.53. The minimum absolute atomic E-state index is 0.286. The normalized spacial score (nSPS) is 16.7. The first-order valence-electron chi connectivity index (χ1n) is 9.65. The Hall–Kier alpha value is -2.44. The van der Waals surface area contributed by atoms with Crippen molar-refractivity contribution in [2.75, 3.05) is 39.4 Å². The fourth-order valence-corrected chi connectivity index (χ4v) is 3.21. The number of benzene rings is 1. The number of hydrogen-bond acceptors (Lipinski definition) is 4. The molecule has 1 aromatic heterocycles. The van der Waals surface area contributed by atoms with Crippen LogP contribution in [0.2, 0.25) is 0 Å². The fraction of sp³-hybridized carbons (Fsp3) is 0.429. The summed E-state index contributed by atoms with van der Waals surface area (Å²) in [5, 5.41) is 6.85. The average Bonchev–Trinajstić information content (AvgIpc) is 2.74. The van der Waals surface area contributed by atoms with Crippen molar-refractivity contribution in [3.63, 3.8) is 0 Å². The lowest BCUT2D eigenvalue weighted by Gasteiger charge is -2.35. The van der Waals surface area contributed by atoms with Crippen LogP contribution in [0.15, 0.2) is 59.7 Å². The van der Waals surface area contributed by atoms with Gasteiger partial charge in [0.25, 0.3) is 0 Å². The molecule has 6 heteroatoms. The molecule has 0 saturated carbocycles. The van der Waals surface area contributed by atoms with Gasteiger partial charge in [0, 0.05) is 32.4 Å². The molecule has 144 valence electrons. The summed E-state index contributed by atoms with van der Waals surface area (Å²) in [5.74, 6) is 0.817. The van der Waals surface area contributed by atoms with E-state index < -0.39 is 0 Å². The van der Waals surface area contributed by atoms with Gasteiger partial charge in [-0.1, -0.05) is 36.4 Å². The number of morpholine rings is 1. The highest BCUT2D eigenvalue weighted by Gasteiger charge is 2.22. The van der Waals surface area contributed by atoms with Crippen molar-refractivity contribution in [1.82, 2.24) is 20.5 Å². The average molecular weight is 367 g/mol. The zero-order valence-electron chi connectivity index (χ0n) is 16.0. The van der Waals surface area contributed by atoms with Crippen LogP contribution in [0.25, 0.3) is 0 Å². The molecule has 0 spiro atoms. The van der Waals surface area contributed by atoms with Crippen LogP contribution < -0.4 is 10.6 Å². The number of pyridine rings is 1. The maximum Gasteiger partial charge on any atom is 0.191 e. The summed E-state index contributed by atoms with van der Waals surface area (Å²) < 4.78 is 5.53. The van der Waals surface area contributed by atoms with E-state index in [-0.39, 0.29) is 6.04 Å². The zero-order valence-corrected chi connectivity index (χ0v) is 16.0. The van der Waals surface area contributed by atoms with Gasteiger partial charge in [0.15, 0.2) is 5.96 Å². The van der Waals surface area contributed by atoms with Crippen molar-refractivity contribution >= 4 is 5.96 Å². The highest BCUT2D eigenvalue weighted by molar-refractivity contribution is 5.79. The molecule has 1 aromatic carbocycles. The highest BCUT2D eigenvalue weighted by Crippen LogP contribution is 2.21. The van der Waals surface area contributed by atoms with Gasteiger partial charge in [-0.25, -0.2) is 4.99 Å². The first-order chi connectivity index (χ1) is 13.4. The fourth-order valence-electron chi connectivity index (χ4n) is 3.21. The second-order valence-electron chi connectivity index (χ2n) is 6.47. The molecule has 1 aliphatic rings. The largest absolute Gasteiger partial charge is 0.379 e. The maximum atomic E-state index is 5.53. The van der Waals surface area contributed by atoms with E-state index in [2.05, 4.69) is 62.8 Å². The topological polar surface area (TPSA) is 61.8 Å². The minimum atomic E-state index is 0.286. The summed E-state index contributed by atoms with van der Waals surface area (Å²) in [6.45, 7) is 7.72. The molecule has 2 heterocycles. The predicted molar refractivity (Wildman–Crippen MR) is 109 cm³/mol. The van der Waals surface area contributed by atoms with Gasteiger partial charge >= 0.3 is 0 Å². The van der Waals surface area contributed by atoms with E-state index >= 15 is 0 Å². The molecule has 1 unspecified atom stereocenters. The van der Waals surface area contributed by atoms with Crippen molar-refractivity contribution in [2.45, 2.75) is 19.5 Å². The number of nitrogens with zero attached hydrogens (tertiary/aromatic N) is 3. The molecule has 27 heavy (non-hydrogen) atoms. The van der Waals surface area contributed by atoms with Crippen molar-refractivity contribution in [3.05, 3.63) is 66.0 Å². The Morgan fingerprint density at radius 2 is 1.89 bits per heavy atom. The number of hydrogen-bond donors (Lipinski definition) is 2.